The fourth-order valence-electron chi connectivity index (χ4n) is 3.28. The van der Waals surface area contributed by atoms with Crippen molar-refractivity contribution in [3.63, 3.8) is 0 Å². The average molecular weight is 418 g/mol. The van der Waals surface area contributed by atoms with Crippen LogP contribution in [0.25, 0.3) is 0 Å². The number of benzene rings is 2. The molecule has 1 fully saturated rings. The number of hydrogen-bond acceptors (Lipinski definition) is 5. The maximum absolute atomic E-state index is 12.8. The van der Waals surface area contributed by atoms with Gasteiger partial charge in [0.15, 0.2) is 0 Å². The van der Waals surface area contributed by atoms with Crippen molar-refractivity contribution < 1.29 is 17.9 Å². The number of rotatable bonds is 7. The van der Waals surface area contributed by atoms with Crippen LogP contribution < -0.4 is 10.2 Å². The first kappa shape index (κ1) is 21.3. The van der Waals surface area contributed by atoms with Crippen LogP contribution in [0.15, 0.2) is 59.5 Å². The Morgan fingerprint density at radius 2 is 1.79 bits per heavy atom. The van der Waals surface area contributed by atoms with Crippen molar-refractivity contribution in [2.24, 2.45) is 0 Å². The first-order valence-corrected chi connectivity index (χ1v) is 11.1. The van der Waals surface area contributed by atoms with Crippen molar-refractivity contribution in [2.75, 3.05) is 43.1 Å². The lowest BCUT2D eigenvalue weighted by Crippen LogP contribution is -2.41. The molecule has 1 saturated heterocycles. The number of carbonyl (C=O) groups is 1. The van der Waals surface area contributed by atoms with Crippen molar-refractivity contribution >= 4 is 27.3 Å². The van der Waals surface area contributed by atoms with E-state index in [4.69, 9.17) is 4.74 Å². The smallest absolute Gasteiger partial charge is 0.246 e. The molecule has 0 aliphatic carbocycles. The maximum Gasteiger partial charge on any atom is 0.246 e. The monoisotopic (exact) mass is 417 g/mol. The van der Waals surface area contributed by atoms with Crippen molar-refractivity contribution in [3.8, 4) is 0 Å². The normalized spacial score (nSPS) is 15.3. The Hall–Kier alpha value is -2.42. The highest BCUT2D eigenvalue weighted by atomic mass is 32.2. The van der Waals surface area contributed by atoms with Gasteiger partial charge in [-0.05, 0) is 44.2 Å². The third-order valence-corrected chi connectivity index (χ3v) is 6.60. The molecule has 0 spiro atoms. The molecular formula is C21H27N3O4S. The molecule has 2 aromatic carbocycles. The summed E-state index contributed by atoms with van der Waals surface area (Å²) >= 11 is 0. The Labute approximate surface area is 172 Å². The van der Waals surface area contributed by atoms with Gasteiger partial charge in [-0.25, -0.2) is 8.42 Å². The van der Waals surface area contributed by atoms with Crippen molar-refractivity contribution in [1.29, 1.82) is 0 Å². The van der Waals surface area contributed by atoms with Gasteiger partial charge in [0.1, 0.15) is 0 Å². The fourth-order valence-corrected chi connectivity index (χ4v) is 4.74. The zero-order valence-electron chi connectivity index (χ0n) is 16.7. The van der Waals surface area contributed by atoms with Gasteiger partial charge in [0.05, 0.1) is 24.7 Å². The minimum atomic E-state index is -3.58. The van der Waals surface area contributed by atoms with Gasteiger partial charge < -0.3 is 15.0 Å². The largest absolute Gasteiger partial charge is 0.379 e. The lowest BCUT2D eigenvalue weighted by atomic mass is 10.2. The fraction of sp³-hybridized carbons (Fsp3) is 0.381. The molecule has 2 aromatic rings. The van der Waals surface area contributed by atoms with E-state index in [0.717, 1.165) is 5.69 Å². The molecule has 1 N–H and O–H groups in total. The van der Waals surface area contributed by atoms with Gasteiger partial charge >= 0.3 is 0 Å². The molecule has 0 bridgehead atoms. The second-order valence-electron chi connectivity index (χ2n) is 7.09. The van der Waals surface area contributed by atoms with Crippen LogP contribution in [0.3, 0.4) is 0 Å². The second-order valence-corrected chi connectivity index (χ2v) is 9.03. The predicted molar refractivity (Wildman–Crippen MR) is 114 cm³/mol. The molecule has 29 heavy (non-hydrogen) atoms. The molecule has 1 heterocycles. The van der Waals surface area contributed by atoms with Crippen LogP contribution >= 0.6 is 0 Å². The lowest BCUT2D eigenvalue weighted by Gasteiger charge is -2.27. The Morgan fingerprint density at radius 1 is 1.10 bits per heavy atom. The second kappa shape index (κ2) is 9.39. The Balaban J connectivity index is 1.71. The van der Waals surface area contributed by atoms with Crippen molar-refractivity contribution in [1.82, 2.24) is 4.31 Å². The van der Waals surface area contributed by atoms with E-state index < -0.39 is 10.0 Å². The minimum absolute atomic E-state index is 0.000248. The summed E-state index contributed by atoms with van der Waals surface area (Å²) in [5.74, 6) is -0.0901. The highest BCUT2D eigenvalue weighted by Gasteiger charge is 2.26. The van der Waals surface area contributed by atoms with E-state index in [9.17, 15) is 13.2 Å². The third-order valence-electron chi connectivity index (χ3n) is 4.71. The van der Waals surface area contributed by atoms with E-state index >= 15 is 0 Å². The molecule has 0 atom stereocenters. The summed E-state index contributed by atoms with van der Waals surface area (Å²) in [6, 6.07) is 16.1. The standard InChI is InChI=1S/C21H27N3O4S/c1-17(2)24(19-8-4-3-5-9-19)21(25)16-22-18-7-6-10-20(15-18)29(26,27)23-11-13-28-14-12-23/h3-10,15,17,22H,11-14,16H2,1-2H3. The molecule has 3 rings (SSSR count). The summed E-state index contributed by atoms with van der Waals surface area (Å²) in [6.07, 6.45) is 0. The maximum atomic E-state index is 12.8. The Bertz CT molecular complexity index is 926. The summed E-state index contributed by atoms with van der Waals surface area (Å²) in [7, 11) is -3.58. The van der Waals surface area contributed by atoms with Gasteiger partial charge in [-0.3, -0.25) is 4.79 Å². The molecule has 8 heteroatoms. The van der Waals surface area contributed by atoms with E-state index in [2.05, 4.69) is 5.32 Å². The van der Waals surface area contributed by atoms with Crippen LogP contribution in [0.1, 0.15) is 13.8 Å². The van der Waals surface area contributed by atoms with Crippen molar-refractivity contribution in [2.45, 2.75) is 24.8 Å². The van der Waals surface area contributed by atoms with E-state index in [1.54, 1.807) is 29.2 Å². The van der Waals surface area contributed by atoms with Gasteiger partial charge in [-0.2, -0.15) is 4.31 Å². The molecule has 1 aliphatic rings. The van der Waals surface area contributed by atoms with Crippen LogP contribution in [0, 0.1) is 0 Å². The molecule has 7 nitrogen and oxygen atoms in total. The number of anilines is 2. The van der Waals surface area contributed by atoms with Crippen molar-refractivity contribution in [3.05, 3.63) is 54.6 Å². The topological polar surface area (TPSA) is 79.0 Å². The molecule has 0 radical (unpaired) electrons. The van der Waals surface area contributed by atoms with Crippen LogP contribution in [-0.4, -0.2) is 57.5 Å². The Kier molecular flexibility index (Phi) is 6.89. The molecular weight excluding hydrogens is 390 g/mol. The minimum Gasteiger partial charge on any atom is -0.379 e. The lowest BCUT2D eigenvalue weighted by molar-refractivity contribution is -0.117. The summed E-state index contributed by atoms with van der Waals surface area (Å²) in [6.45, 7) is 5.47. The molecule has 0 saturated carbocycles. The van der Waals surface area contributed by atoms with Gasteiger partial charge in [0.25, 0.3) is 0 Å². The number of hydrogen-bond donors (Lipinski definition) is 1. The molecule has 1 aliphatic heterocycles. The number of sulfonamides is 1. The third kappa shape index (κ3) is 5.14. The summed E-state index contributed by atoms with van der Waals surface area (Å²) < 4.78 is 32.3. The molecule has 0 unspecified atom stereocenters. The molecule has 156 valence electrons. The predicted octanol–water partition coefficient (Wildman–Crippen LogP) is 2.56. The summed E-state index contributed by atoms with van der Waals surface area (Å²) in [4.78, 5) is 14.7. The summed E-state index contributed by atoms with van der Waals surface area (Å²) in [5.41, 5.74) is 1.42. The molecule has 1 amide bonds. The highest BCUT2D eigenvalue weighted by molar-refractivity contribution is 7.89. The number of nitrogens with one attached hydrogen (secondary N) is 1. The Morgan fingerprint density at radius 3 is 2.45 bits per heavy atom. The first-order chi connectivity index (χ1) is 13.9. The number of amides is 1. The number of carbonyl (C=O) groups excluding carboxylic acids is 1. The first-order valence-electron chi connectivity index (χ1n) is 9.68. The number of para-hydroxylation sites is 1. The van der Waals surface area contributed by atoms with Gasteiger partial charge in [0.2, 0.25) is 15.9 Å². The van der Waals surface area contributed by atoms with Crippen LogP contribution in [0.2, 0.25) is 0 Å². The van der Waals surface area contributed by atoms with Gasteiger partial charge in [0, 0.05) is 30.5 Å². The van der Waals surface area contributed by atoms with E-state index in [1.165, 1.54) is 4.31 Å². The number of morpholine rings is 1. The van der Waals surface area contributed by atoms with Gasteiger partial charge in [-0.15, -0.1) is 0 Å². The number of nitrogens with zero attached hydrogens (tertiary/aromatic N) is 2. The van der Waals surface area contributed by atoms with Crippen LogP contribution in [0.5, 0.6) is 0 Å². The summed E-state index contributed by atoms with van der Waals surface area (Å²) in [5, 5.41) is 3.07. The van der Waals surface area contributed by atoms with E-state index in [1.807, 2.05) is 44.2 Å². The van der Waals surface area contributed by atoms with Gasteiger partial charge in [-0.1, -0.05) is 24.3 Å². The zero-order chi connectivity index (χ0) is 20.9. The average Bonchev–Trinajstić information content (AvgIpc) is 2.74. The van der Waals surface area contributed by atoms with E-state index in [-0.39, 0.29) is 23.4 Å². The quantitative estimate of drug-likeness (QED) is 0.749. The van der Waals surface area contributed by atoms with Crippen LogP contribution in [0.4, 0.5) is 11.4 Å². The van der Waals surface area contributed by atoms with Crippen LogP contribution in [-0.2, 0) is 19.6 Å². The van der Waals surface area contributed by atoms with E-state index in [0.29, 0.717) is 32.0 Å². The SMILES string of the molecule is CC(C)N(C(=O)CNc1cccc(S(=O)(=O)N2CCOCC2)c1)c1ccccc1. The number of ether oxygens (including phenoxy) is 1. The zero-order valence-corrected chi connectivity index (χ0v) is 17.6. The molecule has 0 aromatic heterocycles. The highest BCUT2D eigenvalue weighted by Crippen LogP contribution is 2.21.